The van der Waals surface area contributed by atoms with Crippen LogP contribution in [0.4, 0.5) is 5.69 Å². The molecule has 0 radical (unpaired) electrons. The van der Waals surface area contributed by atoms with Crippen molar-refractivity contribution in [2.75, 3.05) is 18.4 Å². The summed E-state index contributed by atoms with van der Waals surface area (Å²) in [6.45, 7) is 7.20. The molecule has 2 N–H and O–H groups in total. The van der Waals surface area contributed by atoms with Gasteiger partial charge in [-0.2, -0.15) is 0 Å². The van der Waals surface area contributed by atoms with Gasteiger partial charge in [0.05, 0.1) is 0 Å². The average Bonchev–Trinajstić information content (AvgIpc) is 2.78. The van der Waals surface area contributed by atoms with Gasteiger partial charge < -0.3 is 10.6 Å². The molecule has 2 aromatic carbocycles. The minimum atomic E-state index is -0.589. The van der Waals surface area contributed by atoms with Gasteiger partial charge in [-0.15, -0.1) is 0 Å². The number of amides is 2. The highest BCUT2D eigenvalue weighted by Crippen LogP contribution is 2.18. The highest BCUT2D eigenvalue weighted by molar-refractivity contribution is 6.01. The topological polar surface area (TPSA) is 61.4 Å². The first-order chi connectivity index (χ1) is 14.6. The normalized spacial score (nSPS) is 16.5. The maximum absolute atomic E-state index is 13.0. The van der Waals surface area contributed by atoms with Crippen LogP contribution in [0.2, 0.25) is 0 Å². The number of carbonyl (C=O) groups excluding carboxylic acids is 2. The summed E-state index contributed by atoms with van der Waals surface area (Å²) in [5.41, 5.74) is 2.53. The van der Waals surface area contributed by atoms with E-state index in [1.165, 1.54) is 24.8 Å². The van der Waals surface area contributed by atoms with Gasteiger partial charge in [-0.25, -0.2) is 0 Å². The molecule has 5 nitrogen and oxygen atoms in total. The third-order valence-electron chi connectivity index (χ3n) is 5.87. The number of carbonyl (C=O) groups is 2. The molecule has 3 rings (SSSR count). The smallest absolute Gasteiger partial charge is 0.251 e. The monoisotopic (exact) mass is 407 g/mol. The number of rotatable bonds is 8. The first-order valence-corrected chi connectivity index (χ1v) is 11.0. The van der Waals surface area contributed by atoms with Gasteiger partial charge >= 0.3 is 0 Å². The Morgan fingerprint density at radius 2 is 1.73 bits per heavy atom. The van der Waals surface area contributed by atoms with Crippen LogP contribution in [0, 0.1) is 5.92 Å². The Morgan fingerprint density at radius 1 is 1.00 bits per heavy atom. The lowest BCUT2D eigenvalue weighted by Gasteiger charge is -2.26. The summed E-state index contributed by atoms with van der Waals surface area (Å²) in [5, 5.41) is 5.94. The molecule has 30 heavy (non-hydrogen) atoms. The fourth-order valence-electron chi connectivity index (χ4n) is 3.86. The van der Waals surface area contributed by atoms with Crippen molar-refractivity contribution in [2.24, 2.45) is 5.92 Å². The van der Waals surface area contributed by atoms with Crippen molar-refractivity contribution < 1.29 is 9.59 Å². The molecule has 2 atom stereocenters. The largest absolute Gasteiger partial charge is 0.340 e. The van der Waals surface area contributed by atoms with Crippen LogP contribution in [0.5, 0.6) is 0 Å². The summed E-state index contributed by atoms with van der Waals surface area (Å²) in [6.07, 6.45) is 4.63. The summed E-state index contributed by atoms with van der Waals surface area (Å²) < 4.78 is 0. The number of nitrogens with zero attached hydrogens (tertiary/aromatic N) is 1. The molecule has 160 valence electrons. The van der Waals surface area contributed by atoms with E-state index in [1.807, 2.05) is 50.2 Å². The summed E-state index contributed by atoms with van der Waals surface area (Å²) >= 11 is 0. The molecule has 1 saturated heterocycles. The molecule has 5 heteroatoms. The first-order valence-electron chi connectivity index (χ1n) is 11.0. The highest BCUT2D eigenvalue weighted by atomic mass is 16.2. The van der Waals surface area contributed by atoms with Crippen LogP contribution in [-0.4, -0.2) is 35.8 Å². The molecule has 2 amide bonds. The molecule has 1 heterocycles. The number of piperidine rings is 1. The molecule has 0 aromatic heterocycles. The quantitative estimate of drug-likeness (QED) is 0.679. The lowest BCUT2D eigenvalue weighted by Crippen LogP contribution is -2.47. The van der Waals surface area contributed by atoms with Crippen molar-refractivity contribution >= 4 is 17.5 Å². The van der Waals surface area contributed by atoms with E-state index in [1.54, 1.807) is 12.1 Å². The zero-order chi connectivity index (χ0) is 21.3. The van der Waals surface area contributed by atoms with Gasteiger partial charge in [0.1, 0.15) is 6.04 Å². The molecule has 0 aliphatic carbocycles. The van der Waals surface area contributed by atoms with Crippen LogP contribution < -0.4 is 10.6 Å². The summed E-state index contributed by atoms with van der Waals surface area (Å²) in [5.74, 6) is -0.382. The molecule has 0 spiro atoms. The van der Waals surface area contributed by atoms with Gasteiger partial charge in [0.2, 0.25) is 5.91 Å². The van der Waals surface area contributed by atoms with Crippen molar-refractivity contribution in [1.82, 2.24) is 10.2 Å². The van der Waals surface area contributed by atoms with Crippen molar-refractivity contribution in [2.45, 2.75) is 52.1 Å². The predicted molar refractivity (Wildman–Crippen MR) is 121 cm³/mol. The van der Waals surface area contributed by atoms with E-state index in [4.69, 9.17) is 0 Å². The third-order valence-corrected chi connectivity index (χ3v) is 5.87. The Hall–Kier alpha value is -2.66. The van der Waals surface area contributed by atoms with Gasteiger partial charge in [0, 0.05) is 17.8 Å². The minimum absolute atomic E-state index is 0.0224. The highest BCUT2D eigenvalue weighted by Gasteiger charge is 2.26. The van der Waals surface area contributed by atoms with E-state index in [-0.39, 0.29) is 17.7 Å². The molecule has 1 aliphatic heterocycles. The Bertz CT molecular complexity index is 831. The number of nitrogens with one attached hydrogen (secondary N) is 2. The van der Waals surface area contributed by atoms with Gasteiger partial charge in [-0.05, 0) is 61.7 Å². The van der Waals surface area contributed by atoms with Crippen molar-refractivity contribution in [3.8, 4) is 0 Å². The Morgan fingerprint density at radius 3 is 2.43 bits per heavy atom. The van der Waals surface area contributed by atoms with Crippen molar-refractivity contribution in [3.05, 3.63) is 65.7 Å². The van der Waals surface area contributed by atoms with Crippen LogP contribution in [0.15, 0.2) is 54.6 Å². The molecular formula is C25H33N3O2. The summed E-state index contributed by atoms with van der Waals surface area (Å²) in [4.78, 5) is 28.1. The van der Waals surface area contributed by atoms with E-state index in [2.05, 4.69) is 21.6 Å². The van der Waals surface area contributed by atoms with Crippen LogP contribution in [0.3, 0.4) is 0 Å². The maximum Gasteiger partial charge on any atom is 0.251 e. The molecular weight excluding hydrogens is 374 g/mol. The zero-order valence-corrected chi connectivity index (χ0v) is 18.1. The Kier molecular flexibility index (Phi) is 8.03. The molecule has 2 aromatic rings. The van der Waals surface area contributed by atoms with Crippen molar-refractivity contribution in [1.29, 1.82) is 0 Å². The number of anilines is 1. The van der Waals surface area contributed by atoms with Gasteiger partial charge in [0.15, 0.2) is 0 Å². The standard InChI is InChI=1S/C25H33N3O2/c1-3-19(2)23(27-24(29)21-12-6-4-7-13-21)25(30)26-22-14-10-11-20(17-22)18-28-15-8-5-9-16-28/h4,6-7,10-14,17,19,23H,3,5,8-9,15-16,18H2,1-2H3,(H,26,30)(H,27,29). The van der Waals surface area contributed by atoms with Gasteiger partial charge in [0.25, 0.3) is 5.91 Å². The number of likely N-dealkylation sites (tertiary alicyclic amines) is 1. The maximum atomic E-state index is 13.0. The fourth-order valence-corrected chi connectivity index (χ4v) is 3.86. The second-order valence-electron chi connectivity index (χ2n) is 8.23. The third kappa shape index (κ3) is 6.17. The lowest BCUT2D eigenvalue weighted by molar-refractivity contribution is -0.119. The van der Waals surface area contributed by atoms with Gasteiger partial charge in [-0.3, -0.25) is 14.5 Å². The predicted octanol–water partition coefficient (Wildman–Crippen LogP) is 4.46. The lowest BCUT2D eigenvalue weighted by atomic mass is 9.97. The van der Waals surface area contributed by atoms with E-state index in [0.29, 0.717) is 5.56 Å². The Labute approximate surface area is 179 Å². The van der Waals surface area contributed by atoms with E-state index < -0.39 is 6.04 Å². The van der Waals surface area contributed by atoms with Gasteiger partial charge in [-0.1, -0.05) is 57.0 Å². The second-order valence-corrected chi connectivity index (χ2v) is 8.23. The zero-order valence-electron chi connectivity index (χ0n) is 18.1. The van der Waals surface area contributed by atoms with Crippen LogP contribution in [0.25, 0.3) is 0 Å². The number of hydrogen-bond acceptors (Lipinski definition) is 3. The molecule has 1 aliphatic rings. The summed E-state index contributed by atoms with van der Waals surface area (Å²) in [7, 11) is 0. The first kappa shape index (κ1) is 22.0. The number of hydrogen-bond donors (Lipinski definition) is 2. The van der Waals surface area contributed by atoms with Crippen LogP contribution in [-0.2, 0) is 11.3 Å². The molecule has 2 unspecified atom stereocenters. The second kappa shape index (κ2) is 10.9. The van der Waals surface area contributed by atoms with E-state index >= 15 is 0 Å². The SMILES string of the molecule is CCC(C)C(NC(=O)c1ccccc1)C(=O)Nc1cccc(CN2CCCCC2)c1. The molecule has 0 saturated carbocycles. The number of benzene rings is 2. The van der Waals surface area contributed by atoms with Crippen LogP contribution >= 0.6 is 0 Å². The Balaban J connectivity index is 1.66. The average molecular weight is 408 g/mol. The molecule has 0 bridgehead atoms. The summed E-state index contributed by atoms with van der Waals surface area (Å²) in [6, 6.07) is 16.5. The fraction of sp³-hybridized carbons (Fsp3) is 0.440. The van der Waals surface area contributed by atoms with Crippen LogP contribution in [0.1, 0.15) is 55.5 Å². The van der Waals surface area contributed by atoms with E-state index in [0.717, 1.165) is 31.7 Å². The van der Waals surface area contributed by atoms with Crippen molar-refractivity contribution in [3.63, 3.8) is 0 Å². The van der Waals surface area contributed by atoms with E-state index in [9.17, 15) is 9.59 Å². The minimum Gasteiger partial charge on any atom is -0.340 e. The molecule has 1 fully saturated rings.